The predicted octanol–water partition coefficient (Wildman–Crippen LogP) is 4.13. The van der Waals surface area contributed by atoms with Gasteiger partial charge in [0.15, 0.2) is 6.10 Å². The van der Waals surface area contributed by atoms with Crippen LogP contribution in [0.2, 0.25) is 0 Å². The third-order valence-electron chi connectivity index (χ3n) is 5.18. The monoisotopic (exact) mass is 420 g/mol. The Hall–Kier alpha value is -3.68. The van der Waals surface area contributed by atoms with Crippen LogP contribution in [0.25, 0.3) is 10.9 Å². The van der Waals surface area contributed by atoms with Crippen LogP contribution in [-0.2, 0) is 11.3 Å². The van der Waals surface area contributed by atoms with Gasteiger partial charge in [-0.15, -0.1) is 0 Å². The van der Waals surface area contributed by atoms with E-state index in [1.54, 1.807) is 19.2 Å². The minimum Gasteiger partial charge on any atom is -0.494 e. The number of hydrogen-bond acceptors (Lipinski definition) is 6. The van der Waals surface area contributed by atoms with E-state index in [-0.39, 0.29) is 6.54 Å². The van der Waals surface area contributed by atoms with Gasteiger partial charge in [-0.05, 0) is 32.4 Å². The molecule has 3 amide bonds. The molecule has 3 heterocycles. The molecular formula is C23H24N4O4. The Kier molecular flexibility index (Phi) is 5.70. The van der Waals surface area contributed by atoms with E-state index in [2.05, 4.69) is 15.3 Å². The number of aromatic nitrogens is 2. The van der Waals surface area contributed by atoms with Gasteiger partial charge in [-0.3, -0.25) is 9.97 Å². The summed E-state index contributed by atoms with van der Waals surface area (Å²) in [6, 6.07) is 12.1. The highest BCUT2D eigenvalue weighted by Crippen LogP contribution is 2.33. The number of hydrogen-bond donors (Lipinski definition) is 1. The van der Waals surface area contributed by atoms with Crippen molar-refractivity contribution in [3.05, 3.63) is 65.6 Å². The molecule has 4 rings (SSSR count). The fraction of sp³-hybridized carbons (Fsp3) is 0.304. The Balaban J connectivity index is 1.50. The van der Waals surface area contributed by atoms with Gasteiger partial charge in [0, 0.05) is 36.0 Å². The number of fused-ring (bicyclic) bond motifs is 1. The first-order valence-corrected chi connectivity index (χ1v) is 10.2. The summed E-state index contributed by atoms with van der Waals surface area (Å²) in [5.41, 5.74) is 2.98. The second-order valence-corrected chi connectivity index (χ2v) is 7.37. The molecule has 8 nitrogen and oxygen atoms in total. The zero-order valence-corrected chi connectivity index (χ0v) is 17.7. The molecule has 2 aromatic heterocycles. The largest absolute Gasteiger partial charge is 0.494 e. The molecule has 0 aliphatic carbocycles. The van der Waals surface area contributed by atoms with Crippen molar-refractivity contribution in [2.24, 2.45) is 0 Å². The van der Waals surface area contributed by atoms with E-state index in [9.17, 15) is 9.59 Å². The Morgan fingerprint density at radius 1 is 1.26 bits per heavy atom. The summed E-state index contributed by atoms with van der Waals surface area (Å²) in [5.74, 6) is 0.652. The van der Waals surface area contributed by atoms with Crippen molar-refractivity contribution in [3.63, 3.8) is 0 Å². The number of para-hydroxylation sites is 1. The van der Waals surface area contributed by atoms with Gasteiger partial charge >= 0.3 is 12.1 Å². The highest BCUT2D eigenvalue weighted by molar-refractivity contribution is 5.93. The lowest BCUT2D eigenvalue weighted by molar-refractivity contribution is 0.129. The van der Waals surface area contributed by atoms with Crippen LogP contribution in [-0.4, -0.2) is 39.6 Å². The smallest absolute Gasteiger partial charge is 0.419 e. The summed E-state index contributed by atoms with van der Waals surface area (Å²) in [6.07, 6.45) is 0.340. The molecule has 0 saturated carbocycles. The summed E-state index contributed by atoms with van der Waals surface area (Å²) < 4.78 is 11.1. The molecule has 2 atom stereocenters. The molecule has 0 spiro atoms. The molecule has 0 radical (unpaired) electrons. The van der Waals surface area contributed by atoms with Crippen molar-refractivity contribution in [3.8, 4) is 5.75 Å². The Labute approximate surface area is 180 Å². The maximum absolute atomic E-state index is 12.8. The number of cyclic esters (lactones) is 1. The number of urea groups is 1. The highest BCUT2D eigenvalue weighted by atomic mass is 16.6. The number of nitrogens with zero attached hydrogens (tertiary/aromatic N) is 3. The average molecular weight is 420 g/mol. The van der Waals surface area contributed by atoms with Crippen LogP contribution in [0.15, 0.2) is 48.7 Å². The van der Waals surface area contributed by atoms with Gasteiger partial charge in [-0.1, -0.05) is 24.3 Å². The quantitative estimate of drug-likeness (QED) is 0.667. The Morgan fingerprint density at radius 3 is 2.87 bits per heavy atom. The number of imide groups is 1. The molecule has 0 bridgehead atoms. The van der Waals surface area contributed by atoms with Crippen molar-refractivity contribution >= 4 is 23.0 Å². The lowest BCUT2D eigenvalue weighted by Crippen LogP contribution is -2.44. The Morgan fingerprint density at radius 2 is 2.06 bits per heavy atom. The van der Waals surface area contributed by atoms with E-state index < -0.39 is 24.3 Å². The molecule has 160 valence electrons. The molecule has 3 aromatic rings. The topological polar surface area (TPSA) is 93.7 Å². The summed E-state index contributed by atoms with van der Waals surface area (Å²) in [6.45, 7) is 6.26. The average Bonchev–Trinajstić information content (AvgIpc) is 3.06. The Bertz CT molecular complexity index is 1130. The zero-order valence-electron chi connectivity index (χ0n) is 17.7. The maximum atomic E-state index is 12.8. The molecule has 0 unspecified atom stereocenters. The number of amides is 3. The summed E-state index contributed by atoms with van der Waals surface area (Å²) >= 11 is 0. The van der Waals surface area contributed by atoms with Gasteiger partial charge in [-0.2, -0.15) is 0 Å². The molecular weight excluding hydrogens is 396 g/mol. The molecule has 1 aliphatic heterocycles. The number of ether oxygens (including phenoxy) is 2. The molecule has 1 saturated heterocycles. The van der Waals surface area contributed by atoms with Crippen LogP contribution in [0, 0.1) is 6.92 Å². The van der Waals surface area contributed by atoms with Crippen molar-refractivity contribution in [1.29, 1.82) is 0 Å². The van der Waals surface area contributed by atoms with E-state index >= 15 is 0 Å². The lowest BCUT2D eigenvalue weighted by Gasteiger charge is -2.20. The summed E-state index contributed by atoms with van der Waals surface area (Å²) in [7, 11) is 0. The number of nitrogens with one attached hydrogen (secondary N) is 1. The van der Waals surface area contributed by atoms with E-state index in [4.69, 9.17) is 9.47 Å². The molecule has 1 aliphatic rings. The van der Waals surface area contributed by atoms with Crippen molar-refractivity contribution in [2.75, 3.05) is 6.61 Å². The molecule has 1 aromatic carbocycles. The first-order valence-electron chi connectivity index (χ1n) is 10.2. The van der Waals surface area contributed by atoms with E-state index in [1.807, 2.05) is 50.2 Å². The third kappa shape index (κ3) is 4.14. The molecule has 1 N–H and O–H groups in total. The van der Waals surface area contributed by atoms with Gasteiger partial charge in [0.05, 0.1) is 23.9 Å². The molecule has 31 heavy (non-hydrogen) atoms. The second kappa shape index (κ2) is 8.59. The number of benzene rings is 1. The summed E-state index contributed by atoms with van der Waals surface area (Å²) in [5, 5.41) is 3.80. The van der Waals surface area contributed by atoms with Crippen LogP contribution in [0.3, 0.4) is 0 Å². The number of aryl methyl sites for hydroxylation is 1. The summed E-state index contributed by atoms with van der Waals surface area (Å²) in [4.78, 5) is 35.3. The number of pyridine rings is 2. The van der Waals surface area contributed by atoms with Crippen molar-refractivity contribution < 1.29 is 19.1 Å². The van der Waals surface area contributed by atoms with E-state index in [0.29, 0.717) is 18.1 Å². The highest BCUT2D eigenvalue weighted by Gasteiger charge is 2.44. The van der Waals surface area contributed by atoms with Crippen LogP contribution in [0.5, 0.6) is 5.75 Å². The third-order valence-corrected chi connectivity index (χ3v) is 5.18. The first-order chi connectivity index (χ1) is 15.0. The van der Waals surface area contributed by atoms with Crippen LogP contribution >= 0.6 is 0 Å². The van der Waals surface area contributed by atoms with Gasteiger partial charge in [0.2, 0.25) is 0 Å². The van der Waals surface area contributed by atoms with Gasteiger partial charge < -0.3 is 14.8 Å². The zero-order chi connectivity index (χ0) is 22.0. The van der Waals surface area contributed by atoms with Gasteiger partial charge in [0.25, 0.3) is 0 Å². The number of rotatable bonds is 5. The van der Waals surface area contributed by atoms with E-state index in [1.165, 1.54) is 0 Å². The minimum atomic E-state index is -0.702. The van der Waals surface area contributed by atoms with Crippen molar-refractivity contribution in [2.45, 2.75) is 39.5 Å². The SMILES string of the molecule is CCOc1cc(C)nc([C@H]2OC(=O)N(C(=O)NCc3cccc4cccnc34)[C@H]2C)c1. The fourth-order valence-corrected chi connectivity index (χ4v) is 3.76. The first kappa shape index (κ1) is 20.6. The minimum absolute atomic E-state index is 0.242. The van der Waals surface area contributed by atoms with Crippen molar-refractivity contribution in [1.82, 2.24) is 20.2 Å². The second-order valence-electron chi connectivity index (χ2n) is 7.37. The van der Waals surface area contributed by atoms with E-state index in [0.717, 1.165) is 27.1 Å². The van der Waals surface area contributed by atoms with Crippen LogP contribution in [0.4, 0.5) is 9.59 Å². The normalized spacial score (nSPS) is 18.2. The van der Waals surface area contributed by atoms with Gasteiger partial charge in [0.1, 0.15) is 5.75 Å². The molecule has 8 heteroatoms. The fourth-order valence-electron chi connectivity index (χ4n) is 3.76. The van der Waals surface area contributed by atoms with Gasteiger partial charge in [-0.25, -0.2) is 14.5 Å². The number of carbonyl (C=O) groups is 2. The predicted molar refractivity (Wildman–Crippen MR) is 115 cm³/mol. The molecule has 1 fully saturated rings. The lowest BCUT2D eigenvalue weighted by atomic mass is 10.1. The number of carbonyl (C=O) groups excluding carboxylic acids is 2. The van der Waals surface area contributed by atoms with Crippen LogP contribution < -0.4 is 10.1 Å². The standard InChI is InChI=1S/C23H24N4O4/c1-4-30-18-11-14(2)26-19(12-18)21-15(3)27(23(29)31-21)22(28)25-13-17-8-5-7-16-9-6-10-24-20(16)17/h5-12,15,21H,4,13H2,1-3H3,(H,25,28)/t15-,21-/m0/s1. The maximum Gasteiger partial charge on any atom is 0.419 e. The van der Waals surface area contributed by atoms with Crippen LogP contribution in [0.1, 0.15) is 36.9 Å².